The molecule has 4 nitrogen and oxygen atoms in total. The highest BCUT2D eigenvalue weighted by atomic mass is 16.5. The molecule has 2 rings (SSSR count). The lowest BCUT2D eigenvalue weighted by Gasteiger charge is -2.30. The lowest BCUT2D eigenvalue weighted by Crippen LogP contribution is -2.38. The van der Waals surface area contributed by atoms with E-state index in [9.17, 15) is 5.26 Å². The number of ether oxygens (including phenoxy) is 1. The number of nitrogens with zero attached hydrogens (tertiary/aromatic N) is 3. The molecular formula is C12H15N3O. The molecule has 84 valence electrons. The third kappa shape index (κ3) is 2.38. The van der Waals surface area contributed by atoms with Crippen molar-refractivity contribution in [1.82, 2.24) is 9.88 Å². The van der Waals surface area contributed by atoms with Gasteiger partial charge in [0.05, 0.1) is 19.3 Å². The first-order valence-corrected chi connectivity index (χ1v) is 5.44. The molecule has 1 aromatic rings. The molecule has 0 amide bonds. The fourth-order valence-electron chi connectivity index (χ4n) is 1.93. The quantitative estimate of drug-likeness (QED) is 0.749. The van der Waals surface area contributed by atoms with Crippen molar-refractivity contribution in [1.29, 1.82) is 5.26 Å². The second kappa shape index (κ2) is 5.06. The van der Waals surface area contributed by atoms with E-state index in [1.807, 2.05) is 13.0 Å². The lowest BCUT2D eigenvalue weighted by atomic mass is 10.1. The lowest BCUT2D eigenvalue weighted by molar-refractivity contribution is 0.0266. The van der Waals surface area contributed by atoms with Gasteiger partial charge in [-0.1, -0.05) is 6.07 Å². The zero-order valence-corrected chi connectivity index (χ0v) is 9.39. The maximum Gasteiger partial charge on any atom is 0.125 e. The van der Waals surface area contributed by atoms with Crippen molar-refractivity contribution in [3.63, 3.8) is 0 Å². The van der Waals surface area contributed by atoms with E-state index in [1.165, 1.54) is 0 Å². The number of aryl methyl sites for hydroxylation is 1. The summed E-state index contributed by atoms with van der Waals surface area (Å²) >= 11 is 0. The Bertz CT molecular complexity index is 393. The van der Waals surface area contributed by atoms with Crippen molar-refractivity contribution in [3.05, 3.63) is 29.6 Å². The van der Waals surface area contributed by atoms with Gasteiger partial charge in [0.2, 0.25) is 0 Å². The minimum absolute atomic E-state index is 0.198. The standard InChI is InChI=1S/C12H15N3O/c1-10-6-11(9-14-8-10)12(7-13)15-2-4-16-5-3-15/h6,8-9,12H,2-5H2,1H3. The van der Waals surface area contributed by atoms with E-state index in [-0.39, 0.29) is 6.04 Å². The first-order chi connectivity index (χ1) is 7.81. The van der Waals surface area contributed by atoms with Crippen LogP contribution in [-0.2, 0) is 4.74 Å². The zero-order chi connectivity index (χ0) is 11.4. The van der Waals surface area contributed by atoms with Gasteiger partial charge in [0.25, 0.3) is 0 Å². The van der Waals surface area contributed by atoms with Crippen molar-refractivity contribution in [2.45, 2.75) is 13.0 Å². The summed E-state index contributed by atoms with van der Waals surface area (Å²) in [6, 6.07) is 4.17. The topological polar surface area (TPSA) is 49.2 Å². The second-order valence-corrected chi connectivity index (χ2v) is 3.98. The number of nitriles is 1. The Kier molecular flexibility index (Phi) is 3.50. The van der Waals surface area contributed by atoms with Crippen LogP contribution in [0.4, 0.5) is 0 Å². The first kappa shape index (κ1) is 11.1. The van der Waals surface area contributed by atoms with Crippen LogP contribution in [0, 0.1) is 18.3 Å². The molecule has 0 spiro atoms. The van der Waals surface area contributed by atoms with Crippen LogP contribution in [0.25, 0.3) is 0 Å². The Hall–Kier alpha value is -1.44. The molecule has 1 aliphatic heterocycles. The summed E-state index contributed by atoms with van der Waals surface area (Å²) in [6.45, 7) is 5.03. The van der Waals surface area contributed by atoms with Crippen LogP contribution in [-0.4, -0.2) is 36.2 Å². The van der Waals surface area contributed by atoms with Crippen molar-refractivity contribution in [2.75, 3.05) is 26.3 Å². The van der Waals surface area contributed by atoms with Gasteiger partial charge in [-0.2, -0.15) is 5.26 Å². The second-order valence-electron chi connectivity index (χ2n) is 3.98. The summed E-state index contributed by atoms with van der Waals surface area (Å²) in [7, 11) is 0. The predicted octanol–water partition coefficient (Wildman–Crippen LogP) is 1.29. The fourth-order valence-corrected chi connectivity index (χ4v) is 1.93. The van der Waals surface area contributed by atoms with Gasteiger partial charge in [-0.15, -0.1) is 0 Å². The fraction of sp³-hybridized carbons (Fsp3) is 0.500. The Balaban J connectivity index is 2.18. The van der Waals surface area contributed by atoms with Crippen LogP contribution in [0.2, 0.25) is 0 Å². The molecule has 0 radical (unpaired) electrons. The van der Waals surface area contributed by atoms with Gasteiger partial charge in [-0.05, 0) is 12.5 Å². The van der Waals surface area contributed by atoms with Gasteiger partial charge in [0.15, 0.2) is 0 Å². The Morgan fingerprint density at radius 3 is 2.81 bits per heavy atom. The van der Waals surface area contributed by atoms with Gasteiger partial charge in [-0.3, -0.25) is 9.88 Å². The molecule has 0 aliphatic carbocycles. The molecule has 2 heterocycles. The summed E-state index contributed by atoms with van der Waals surface area (Å²) in [5.74, 6) is 0. The third-order valence-corrected chi connectivity index (χ3v) is 2.74. The zero-order valence-electron chi connectivity index (χ0n) is 9.39. The Labute approximate surface area is 95.5 Å². The first-order valence-electron chi connectivity index (χ1n) is 5.44. The van der Waals surface area contributed by atoms with Gasteiger partial charge in [-0.25, -0.2) is 0 Å². The molecule has 1 saturated heterocycles. The SMILES string of the molecule is Cc1cncc(C(C#N)N2CCOCC2)c1. The highest BCUT2D eigenvalue weighted by Gasteiger charge is 2.22. The van der Waals surface area contributed by atoms with Crippen molar-refractivity contribution < 1.29 is 4.74 Å². The molecule has 0 saturated carbocycles. The molecule has 1 fully saturated rings. The van der Waals surface area contributed by atoms with Crippen molar-refractivity contribution in [2.24, 2.45) is 0 Å². The maximum atomic E-state index is 9.26. The maximum absolute atomic E-state index is 9.26. The summed E-state index contributed by atoms with van der Waals surface area (Å²) in [5, 5.41) is 9.26. The Morgan fingerprint density at radius 2 is 2.19 bits per heavy atom. The van der Waals surface area contributed by atoms with Crippen LogP contribution in [0.3, 0.4) is 0 Å². The molecule has 16 heavy (non-hydrogen) atoms. The largest absolute Gasteiger partial charge is 0.379 e. The third-order valence-electron chi connectivity index (χ3n) is 2.74. The normalized spacial score (nSPS) is 19.0. The van der Waals surface area contributed by atoms with E-state index in [2.05, 4.69) is 16.0 Å². The smallest absolute Gasteiger partial charge is 0.125 e. The van der Waals surface area contributed by atoms with Gasteiger partial charge >= 0.3 is 0 Å². The average Bonchev–Trinajstić information content (AvgIpc) is 2.31. The number of hydrogen-bond donors (Lipinski definition) is 0. The summed E-state index contributed by atoms with van der Waals surface area (Å²) in [6.07, 6.45) is 3.58. The molecule has 1 aliphatic rings. The van der Waals surface area contributed by atoms with Crippen LogP contribution in [0.5, 0.6) is 0 Å². The number of pyridine rings is 1. The molecule has 4 heteroatoms. The van der Waals surface area contributed by atoms with Crippen LogP contribution in [0.15, 0.2) is 18.5 Å². The summed E-state index contributed by atoms with van der Waals surface area (Å²) in [5.41, 5.74) is 2.07. The molecule has 0 N–H and O–H groups in total. The number of morpholine rings is 1. The van der Waals surface area contributed by atoms with E-state index in [1.54, 1.807) is 12.4 Å². The monoisotopic (exact) mass is 217 g/mol. The molecule has 0 aromatic carbocycles. The Morgan fingerprint density at radius 1 is 1.44 bits per heavy atom. The summed E-state index contributed by atoms with van der Waals surface area (Å²) in [4.78, 5) is 6.28. The minimum Gasteiger partial charge on any atom is -0.379 e. The summed E-state index contributed by atoms with van der Waals surface area (Å²) < 4.78 is 5.29. The molecule has 1 aromatic heterocycles. The van der Waals surface area contributed by atoms with Crippen LogP contribution < -0.4 is 0 Å². The minimum atomic E-state index is -0.198. The number of rotatable bonds is 2. The van der Waals surface area contributed by atoms with Crippen molar-refractivity contribution in [3.8, 4) is 6.07 Å². The van der Waals surface area contributed by atoms with E-state index in [4.69, 9.17) is 4.74 Å². The number of hydrogen-bond acceptors (Lipinski definition) is 4. The van der Waals surface area contributed by atoms with Gasteiger partial charge < -0.3 is 4.74 Å². The molecule has 1 atom stereocenters. The van der Waals surface area contributed by atoms with E-state index in [0.717, 1.165) is 24.2 Å². The van der Waals surface area contributed by atoms with Crippen LogP contribution in [0.1, 0.15) is 17.2 Å². The number of aromatic nitrogens is 1. The molecule has 0 bridgehead atoms. The predicted molar refractivity (Wildman–Crippen MR) is 59.7 cm³/mol. The van der Waals surface area contributed by atoms with E-state index < -0.39 is 0 Å². The van der Waals surface area contributed by atoms with Crippen LogP contribution >= 0.6 is 0 Å². The molecule has 1 unspecified atom stereocenters. The van der Waals surface area contributed by atoms with E-state index in [0.29, 0.717) is 13.2 Å². The highest BCUT2D eigenvalue weighted by molar-refractivity contribution is 5.24. The van der Waals surface area contributed by atoms with E-state index >= 15 is 0 Å². The van der Waals surface area contributed by atoms with Crippen molar-refractivity contribution >= 4 is 0 Å². The average molecular weight is 217 g/mol. The molecular weight excluding hydrogens is 202 g/mol. The van der Waals surface area contributed by atoms with Gasteiger partial charge in [0, 0.05) is 31.0 Å². The van der Waals surface area contributed by atoms with Gasteiger partial charge in [0.1, 0.15) is 6.04 Å². The highest BCUT2D eigenvalue weighted by Crippen LogP contribution is 2.20.